The summed E-state index contributed by atoms with van der Waals surface area (Å²) in [6.07, 6.45) is 2.55. The van der Waals surface area contributed by atoms with E-state index >= 15 is 0 Å². The molecule has 2 saturated heterocycles. The molecule has 0 saturated carbocycles. The summed E-state index contributed by atoms with van der Waals surface area (Å²) in [4.78, 5) is 28.2. The molecular weight excluding hydrogens is 450 g/mol. The summed E-state index contributed by atoms with van der Waals surface area (Å²) in [7, 11) is 3.33. The maximum Gasteiger partial charge on any atom is 0.409 e. The third kappa shape index (κ3) is 5.67. The lowest BCUT2D eigenvalue weighted by atomic mass is 9.74. The van der Waals surface area contributed by atoms with Crippen molar-refractivity contribution in [2.75, 3.05) is 53.6 Å². The SMILES string of the molecule is COc1cc2c(cc1OC)[C@H]1C[C@@H](COC(=O)N3CCN[C@@H](C(=O)O)C3)[C@H](CC(C)C)CN1CC2. The Hall–Kier alpha value is -2.52. The number of piperazine rings is 1. The molecule has 0 spiro atoms. The molecule has 1 aromatic carbocycles. The van der Waals surface area contributed by atoms with Crippen LogP contribution in [0, 0.1) is 17.8 Å². The van der Waals surface area contributed by atoms with Crippen LogP contribution in [0.15, 0.2) is 12.1 Å². The number of fused-ring (bicyclic) bond motifs is 3. The number of carboxylic acids is 1. The molecule has 0 aromatic heterocycles. The fourth-order valence-electron chi connectivity index (χ4n) is 5.93. The van der Waals surface area contributed by atoms with Crippen LogP contribution in [0.5, 0.6) is 11.5 Å². The number of nitrogens with zero attached hydrogens (tertiary/aromatic N) is 2. The highest BCUT2D eigenvalue weighted by Crippen LogP contribution is 2.45. The monoisotopic (exact) mass is 489 g/mol. The summed E-state index contributed by atoms with van der Waals surface area (Å²) in [5.41, 5.74) is 2.57. The molecule has 2 fully saturated rings. The Labute approximate surface area is 207 Å². The lowest BCUT2D eigenvalue weighted by molar-refractivity contribution is -0.140. The molecule has 9 nitrogen and oxygen atoms in total. The number of carboxylic acid groups (broad SMARTS) is 1. The fraction of sp³-hybridized carbons (Fsp3) is 0.692. The van der Waals surface area contributed by atoms with E-state index in [0.29, 0.717) is 31.5 Å². The summed E-state index contributed by atoms with van der Waals surface area (Å²) in [6, 6.07) is 3.72. The van der Waals surface area contributed by atoms with Crippen molar-refractivity contribution in [2.24, 2.45) is 17.8 Å². The highest BCUT2D eigenvalue weighted by atomic mass is 16.6. The number of nitrogens with one attached hydrogen (secondary N) is 1. The predicted molar refractivity (Wildman–Crippen MR) is 131 cm³/mol. The summed E-state index contributed by atoms with van der Waals surface area (Å²) >= 11 is 0. The Morgan fingerprint density at radius 2 is 1.86 bits per heavy atom. The number of methoxy groups -OCH3 is 2. The van der Waals surface area contributed by atoms with Gasteiger partial charge in [-0.3, -0.25) is 9.69 Å². The van der Waals surface area contributed by atoms with Crippen LogP contribution in [0.2, 0.25) is 0 Å². The van der Waals surface area contributed by atoms with Crippen LogP contribution in [0.25, 0.3) is 0 Å². The Bertz CT molecular complexity index is 923. The number of carbonyl (C=O) groups excluding carboxylic acids is 1. The maximum absolute atomic E-state index is 12.8. The predicted octanol–water partition coefficient (Wildman–Crippen LogP) is 2.78. The average Bonchev–Trinajstić information content (AvgIpc) is 2.85. The number of piperidine rings is 1. The van der Waals surface area contributed by atoms with Gasteiger partial charge in [0, 0.05) is 32.2 Å². The maximum atomic E-state index is 12.8. The van der Waals surface area contributed by atoms with Crippen LogP contribution >= 0.6 is 0 Å². The van der Waals surface area contributed by atoms with Gasteiger partial charge in [-0.15, -0.1) is 0 Å². The summed E-state index contributed by atoms with van der Waals surface area (Å²) in [6.45, 7) is 7.84. The zero-order chi connectivity index (χ0) is 25.1. The van der Waals surface area contributed by atoms with Gasteiger partial charge in [-0.25, -0.2) is 4.79 Å². The molecule has 3 heterocycles. The van der Waals surface area contributed by atoms with Crippen molar-refractivity contribution in [1.82, 2.24) is 15.1 Å². The first kappa shape index (κ1) is 25.6. The van der Waals surface area contributed by atoms with E-state index in [2.05, 4.69) is 36.2 Å². The summed E-state index contributed by atoms with van der Waals surface area (Å²) < 4.78 is 16.9. The first-order valence-electron chi connectivity index (χ1n) is 12.7. The van der Waals surface area contributed by atoms with Crippen molar-refractivity contribution in [2.45, 2.75) is 45.2 Å². The Kier molecular flexibility index (Phi) is 8.06. The summed E-state index contributed by atoms with van der Waals surface area (Å²) in [5, 5.41) is 12.2. The van der Waals surface area contributed by atoms with Crippen LogP contribution in [0.4, 0.5) is 4.79 Å². The molecule has 35 heavy (non-hydrogen) atoms. The van der Waals surface area contributed by atoms with Gasteiger partial charge in [-0.1, -0.05) is 13.8 Å². The Morgan fingerprint density at radius 1 is 1.11 bits per heavy atom. The van der Waals surface area contributed by atoms with Gasteiger partial charge in [-0.05, 0) is 60.3 Å². The van der Waals surface area contributed by atoms with Crippen LogP contribution in [-0.2, 0) is 16.0 Å². The van der Waals surface area contributed by atoms with Crippen LogP contribution in [0.1, 0.15) is 43.9 Å². The van der Waals surface area contributed by atoms with Crippen LogP contribution < -0.4 is 14.8 Å². The smallest absolute Gasteiger partial charge is 0.409 e. The van der Waals surface area contributed by atoms with E-state index in [1.807, 2.05) is 0 Å². The molecule has 3 aliphatic rings. The quantitative estimate of drug-likeness (QED) is 0.603. The first-order valence-corrected chi connectivity index (χ1v) is 12.7. The highest BCUT2D eigenvalue weighted by molar-refractivity contribution is 5.76. The molecule has 1 aromatic rings. The van der Waals surface area contributed by atoms with Crippen LogP contribution in [0.3, 0.4) is 0 Å². The largest absolute Gasteiger partial charge is 0.493 e. The van der Waals surface area contributed by atoms with Gasteiger partial charge in [0.2, 0.25) is 0 Å². The first-order chi connectivity index (χ1) is 16.8. The van der Waals surface area contributed by atoms with Crippen molar-refractivity contribution >= 4 is 12.1 Å². The fourth-order valence-corrected chi connectivity index (χ4v) is 5.93. The highest BCUT2D eigenvalue weighted by Gasteiger charge is 2.40. The third-order valence-electron chi connectivity index (χ3n) is 7.70. The van der Waals surface area contributed by atoms with Crippen molar-refractivity contribution in [3.63, 3.8) is 0 Å². The lowest BCUT2D eigenvalue weighted by Crippen LogP contribution is -2.56. The number of rotatable bonds is 7. The van der Waals surface area contributed by atoms with Crippen molar-refractivity contribution in [3.05, 3.63) is 23.3 Å². The zero-order valence-corrected chi connectivity index (χ0v) is 21.3. The van der Waals surface area contributed by atoms with Gasteiger partial charge < -0.3 is 29.5 Å². The molecule has 0 aliphatic carbocycles. The topological polar surface area (TPSA) is 101 Å². The van der Waals surface area contributed by atoms with E-state index in [-0.39, 0.29) is 18.5 Å². The van der Waals surface area contributed by atoms with E-state index in [1.165, 1.54) is 16.0 Å². The minimum atomic E-state index is -0.949. The number of aliphatic carboxylic acids is 1. The van der Waals surface area contributed by atoms with E-state index in [9.17, 15) is 14.7 Å². The minimum Gasteiger partial charge on any atom is -0.493 e. The molecular formula is C26H39N3O6. The average molecular weight is 490 g/mol. The van der Waals surface area contributed by atoms with E-state index in [4.69, 9.17) is 14.2 Å². The number of hydrogen-bond acceptors (Lipinski definition) is 7. The van der Waals surface area contributed by atoms with Gasteiger partial charge in [0.1, 0.15) is 6.04 Å². The van der Waals surface area contributed by atoms with Crippen molar-refractivity contribution in [3.8, 4) is 11.5 Å². The molecule has 2 N–H and O–H groups in total. The number of hydrogen-bond donors (Lipinski definition) is 2. The Morgan fingerprint density at radius 3 is 2.54 bits per heavy atom. The Balaban J connectivity index is 1.49. The molecule has 0 radical (unpaired) electrons. The standard InChI is InChI=1S/C26H39N3O6/c1-16(2)9-18-13-28-7-5-17-11-23(33-3)24(34-4)12-20(17)22(28)10-19(18)15-35-26(32)29-8-6-27-21(14-29)25(30)31/h11-12,16,18-19,21-22,27H,5-10,13-15H2,1-4H3,(H,30,31)/t18-,19+,21-,22-/m1/s1. The number of ether oxygens (including phenoxy) is 3. The number of benzene rings is 1. The van der Waals surface area contributed by atoms with Crippen molar-refractivity contribution < 1.29 is 28.9 Å². The van der Waals surface area contributed by atoms with E-state index < -0.39 is 18.1 Å². The van der Waals surface area contributed by atoms with Gasteiger partial charge in [0.15, 0.2) is 11.5 Å². The lowest BCUT2D eigenvalue weighted by Gasteiger charge is -2.47. The molecule has 3 aliphatic heterocycles. The minimum absolute atomic E-state index is 0.125. The molecule has 4 atom stereocenters. The van der Waals surface area contributed by atoms with Gasteiger partial charge in [0.25, 0.3) is 0 Å². The van der Waals surface area contributed by atoms with Crippen molar-refractivity contribution in [1.29, 1.82) is 0 Å². The molecule has 4 rings (SSSR count). The van der Waals surface area contributed by atoms with Gasteiger partial charge in [-0.2, -0.15) is 0 Å². The van der Waals surface area contributed by atoms with E-state index in [0.717, 1.165) is 43.9 Å². The number of amides is 1. The molecule has 0 bridgehead atoms. The van der Waals surface area contributed by atoms with Gasteiger partial charge >= 0.3 is 12.1 Å². The second-order valence-corrected chi connectivity index (χ2v) is 10.4. The molecule has 9 heteroatoms. The molecule has 194 valence electrons. The molecule has 1 amide bonds. The second-order valence-electron chi connectivity index (χ2n) is 10.4. The zero-order valence-electron chi connectivity index (χ0n) is 21.3. The van der Waals surface area contributed by atoms with Gasteiger partial charge in [0.05, 0.1) is 27.4 Å². The number of carbonyl (C=O) groups is 2. The van der Waals surface area contributed by atoms with Crippen LogP contribution in [-0.4, -0.2) is 86.6 Å². The molecule has 0 unspecified atom stereocenters. The third-order valence-corrected chi connectivity index (χ3v) is 7.70. The van der Waals surface area contributed by atoms with E-state index in [1.54, 1.807) is 14.2 Å². The summed E-state index contributed by atoms with van der Waals surface area (Å²) in [5.74, 6) is 1.78. The normalized spacial score (nSPS) is 26.6. The second kappa shape index (κ2) is 11.0.